The molecule has 0 saturated carbocycles. The van der Waals surface area contributed by atoms with Crippen LogP contribution in [0, 0.1) is 0 Å². The van der Waals surface area contributed by atoms with E-state index in [9.17, 15) is 4.79 Å². The first-order valence-electron chi connectivity index (χ1n) is 9.35. The number of aromatic nitrogens is 3. The van der Waals surface area contributed by atoms with Crippen LogP contribution in [-0.2, 0) is 17.8 Å². The van der Waals surface area contributed by atoms with E-state index in [-0.39, 0.29) is 11.7 Å². The van der Waals surface area contributed by atoms with Gasteiger partial charge in [-0.3, -0.25) is 4.79 Å². The van der Waals surface area contributed by atoms with Crippen LogP contribution in [0.1, 0.15) is 18.3 Å². The second kappa shape index (κ2) is 10.4. The molecule has 0 fully saturated rings. The van der Waals surface area contributed by atoms with E-state index in [2.05, 4.69) is 15.5 Å². The van der Waals surface area contributed by atoms with Crippen LogP contribution in [-0.4, -0.2) is 40.6 Å². The summed E-state index contributed by atoms with van der Waals surface area (Å²) in [4.78, 5) is 12.4. The van der Waals surface area contributed by atoms with Crippen molar-refractivity contribution in [2.45, 2.75) is 25.0 Å². The average Bonchev–Trinajstić information content (AvgIpc) is 3.14. The predicted molar refractivity (Wildman–Crippen MR) is 119 cm³/mol. The lowest BCUT2D eigenvalue weighted by molar-refractivity contribution is -0.113. The predicted octanol–water partition coefficient (Wildman–Crippen LogP) is 4.29. The van der Waals surface area contributed by atoms with E-state index in [1.54, 1.807) is 32.4 Å². The molecule has 158 valence electrons. The summed E-state index contributed by atoms with van der Waals surface area (Å²) >= 11 is 7.35. The van der Waals surface area contributed by atoms with E-state index in [0.717, 1.165) is 17.1 Å². The Balaban J connectivity index is 1.64. The third kappa shape index (κ3) is 5.46. The first-order chi connectivity index (χ1) is 14.5. The fraction of sp³-hybridized carbons (Fsp3) is 0.286. The zero-order chi connectivity index (χ0) is 21.5. The van der Waals surface area contributed by atoms with Crippen LogP contribution in [0.3, 0.4) is 0 Å². The third-order valence-corrected chi connectivity index (χ3v) is 5.60. The van der Waals surface area contributed by atoms with Gasteiger partial charge in [0.2, 0.25) is 5.91 Å². The fourth-order valence-electron chi connectivity index (χ4n) is 2.89. The number of methoxy groups -OCH3 is 2. The van der Waals surface area contributed by atoms with Crippen molar-refractivity contribution in [2.75, 3.05) is 25.3 Å². The van der Waals surface area contributed by atoms with Crippen LogP contribution in [0.4, 0.5) is 5.69 Å². The van der Waals surface area contributed by atoms with Crippen LogP contribution in [0.15, 0.2) is 47.6 Å². The van der Waals surface area contributed by atoms with E-state index in [1.807, 2.05) is 35.8 Å². The first kappa shape index (κ1) is 22.0. The van der Waals surface area contributed by atoms with Crippen molar-refractivity contribution in [3.8, 4) is 11.5 Å². The molecule has 9 heteroatoms. The van der Waals surface area contributed by atoms with Crippen LogP contribution in [0.25, 0.3) is 0 Å². The number of hydrogen-bond acceptors (Lipinski definition) is 6. The molecule has 1 heterocycles. The summed E-state index contributed by atoms with van der Waals surface area (Å²) in [5, 5.41) is 12.6. The maximum absolute atomic E-state index is 12.4. The largest absolute Gasteiger partial charge is 0.497 e. The first-order valence-corrected chi connectivity index (χ1v) is 10.7. The van der Waals surface area contributed by atoms with Crippen molar-refractivity contribution in [2.24, 2.45) is 0 Å². The molecular weight excluding hydrogens is 424 g/mol. The van der Waals surface area contributed by atoms with Crippen molar-refractivity contribution in [1.29, 1.82) is 0 Å². The lowest BCUT2D eigenvalue weighted by Crippen LogP contribution is -2.15. The maximum Gasteiger partial charge on any atom is 0.234 e. The van der Waals surface area contributed by atoms with Crippen LogP contribution in [0.2, 0.25) is 5.02 Å². The molecule has 0 atom stereocenters. The highest BCUT2D eigenvalue weighted by atomic mass is 35.5. The Morgan fingerprint density at radius 1 is 1.13 bits per heavy atom. The molecule has 0 bridgehead atoms. The van der Waals surface area contributed by atoms with Gasteiger partial charge in [0.15, 0.2) is 5.16 Å². The fourth-order valence-corrected chi connectivity index (χ4v) is 3.89. The molecule has 3 aromatic rings. The number of rotatable bonds is 9. The van der Waals surface area contributed by atoms with Gasteiger partial charge in [0.1, 0.15) is 17.3 Å². The molecule has 3 rings (SSSR count). The number of anilines is 1. The number of ether oxygens (including phenoxy) is 2. The number of halogens is 1. The van der Waals surface area contributed by atoms with Gasteiger partial charge in [0, 0.05) is 18.0 Å². The number of nitrogens with zero attached hydrogens (tertiary/aromatic N) is 3. The molecule has 0 spiro atoms. The Morgan fingerprint density at radius 3 is 2.57 bits per heavy atom. The number of benzene rings is 2. The molecule has 0 unspecified atom stereocenters. The molecule has 2 aromatic carbocycles. The van der Waals surface area contributed by atoms with E-state index in [1.165, 1.54) is 11.8 Å². The van der Waals surface area contributed by atoms with Gasteiger partial charge in [0.05, 0.1) is 25.7 Å². The number of thioether (sulfide) groups is 1. The molecule has 0 aliphatic carbocycles. The summed E-state index contributed by atoms with van der Waals surface area (Å²) in [6.45, 7) is 2.74. The summed E-state index contributed by atoms with van der Waals surface area (Å²) in [6, 6.07) is 12.9. The minimum absolute atomic E-state index is 0.178. The molecule has 1 amide bonds. The number of carbonyl (C=O) groups excluding carboxylic acids is 1. The molecule has 0 aliphatic heterocycles. The summed E-state index contributed by atoms with van der Waals surface area (Å²) in [6.07, 6.45) is 0.650. The summed E-state index contributed by atoms with van der Waals surface area (Å²) in [7, 11) is 3.19. The number of hydrogen-bond donors (Lipinski definition) is 1. The standard InChI is InChI=1S/C21H23ClN4O3S/c1-4-26-19(11-14-5-8-16(28-2)9-6-14)24-25-21(26)30-13-20(27)23-17-12-15(22)7-10-18(17)29-3/h5-10,12H,4,11,13H2,1-3H3,(H,23,27). The Bertz CT molecular complexity index is 1010. The Labute approximate surface area is 184 Å². The molecule has 1 N–H and O–H groups in total. The molecular formula is C21H23ClN4O3S. The summed E-state index contributed by atoms with van der Waals surface area (Å²) in [5.74, 6) is 2.23. The number of nitrogens with one attached hydrogen (secondary N) is 1. The Kier molecular flexibility index (Phi) is 7.59. The Morgan fingerprint density at radius 2 is 1.90 bits per heavy atom. The van der Waals surface area contributed by atoms with Crippen LogP contribution >= 0.6 is 23.4 Å². The summed E-state index contributed by atoms with van der Waals surface area (Å²) < 4.78 is 12.5. The molecule has 7 nitrogen and oxygen atoms in total. The second-order valence-corrected chi connectivity index (χ2v) is 7.73. The number of amides is 1. The van der Waals surface area contributed by atoms with Gasteiger partial charge in [0.25, 0.3) is 0 Å². The zero-order valence-electron chi connectivity index (χ0n) is 17.0. The van der Waals surface area contributed by atoms with Gasteiger partial charge in [-0.15, -0.1) is 10.2 Å². The molecule has 0 saturated heterocycles. The van der Waals surface area contributed by atoms with Gasteiger partial charge < -0.3 is 19.4 Å². The third-order valence-electron chi connectivity index (χ3n) is 4.40. The van der Waals surface area contributed by atoms with Crippen LogP contribution in [0.5, 0.6) is 11.5 Å². The van der Waals surface area contributed by atoms with Crippen molar-refractivity contribution in [3.63, 3.8) is 0 Å². The topological polar surface area (TPSA) is 78.3 Å². The van der Waals surface area contributed by atoms with Crippen molar-refractivity contribution >= 4 is 35.0 Å². The maximum atomic E-state index is 12.4. The Hall–Kier alpha value is -2.71. The summed E-state index contributed by atoms with van der Waals surface area (Å²) in [5.41, 5.74) is 1.65. The smallest absolute Gasteiger partial charge is 0.234 e. The molecule has 0 radical (unpaired) electrons. The van der Waals surface area contributed by atoms with E-state index >= 15 is 0 Å². The highest BCUT2D eigenvalue weighted by Crippen LogP contribution is 2.28. The normalized spacial score (nSPS) is 10.7. The van der Waals surface area contributed by atoms with Gasteiger partial charge in [-0.25, -0.2) is 0 Å². The minimum atomic E-state index is -0.178. The number of carbonyl (C=O) groups is 1. The molecule has 30 heavy (non-hydrogen) atoms. The monoisotopic (exact) mass is 446 g/mol. The van der Waals surface area contributed by atoms with Crippen molar-refractivity contribution < 1.29 is 14.3 Å². The van der Waals surface area contributed by atoms with Gasteiger partial charge in [-0.05, 0) is 42.8 Å². The average molecular weight is 447 g/mol. The van der Waals surface area contributed by atoms with Gasteiger partial charge in [-0.2, -0.15) is 0 Å². The van der Waals surface area contributed by atoms with E-state index < -0.39 is 0 Å². The van der Waals surface area contributed by atoms with E-state index in [4.69, 9.17) is 21.1 Å². The SMILES string of the molecule is CCn1c(Cc2ccc(OC)cc2)nnc1SCC(=O)Nc1cc(Cl)ccc1OC. The zero-order valence-corrected chi connectivity index (χ0v) is 18.6. The van der Waals surface area contributed by atoms with Crippen LogP contribution < -0.4 is 14.8 Å². The van der Waals surface area contributed by atoms with Gasteiger partial charge in [-0.1, -0.05) is 35.5 Å². The quantitative estimate of drug-likeness (QED) is 0.494. The lowest BCUT2D eigenvalue weighted by Gasteiger charge is -2.11. The minimum Gasteiger partial charge on any atom is -0.497 e. The van der Waals surface area contributed by atoms with Crippen molar-refractivity contribution in [3.05, 3.63) is 58.9 Å². The second-order valence-electron chi connectivity index (χ2n) is 6.35. The molecule has 0 aliphatic rings. The highest BCUT2D eigenvalue weighted by Gasteiger charge is 2.15. The molecule has 1 aromatic heterocycles. The lowest BCUT2D eigenvalue weighted by atomic mass is 10.1. The highest BCUT2D eigenvalue weighted by molar-refractivity contribution is 7.99. The van der Waals surface area contributed by atoms with E-state index in [0.29, 0.717) is 34.6 Å². The van der Waals surface area contributed by atoms with Crippen molar-refractivity contribution in [1.82, 2.24) is 14.8 Å². The van der Waals surface area contributed by atoms with Gasteiger partial charge >= 0.3 is 0 Å².